The van der Waals surface area contributed by atoms with Gasteiger partial charge < -0.3 is 15.7 Å². The summed E-state index contributed by atoms with van der Waals surface area (Å²) in [6, 6.07) is 9.81. The summed E-state index contributed by atoms with van der Waals surface area (Å²) < 4.78 is 0. The van der Waals surface area contributed by atoms with Crippen LogP contribution in [0.15, 0.2) is 42.6 Å². The van der Waals surface area contributed by atoms with Gasteiger partial charge in [0.05, 0.1) is 0 Å². The summed E-state index contributed by atoms with van der Waals surface area (Å²) in [4.78, 5) is 26.7. The number of rotatable bonds is 4. The Labute approximate surface area is 121 Å². The topological polar surface area (TPSA) is 91.3 Å². The van der Waals surface area contributed by atoms with E-state index >= 15 is 0 Å². The van der Waals surface area contributed by atoms with Crippen molar-refractivity contribution in [2.75, 3.05) is 5.32 Å². The van der Waals surface area contributed by atoms with Crippen LogP contribution in [0.4, 0.5) is 5.82 Å². The number of carbonyl (C=O) groups excluding carboxylic acids is 2. The van der Waals surface area contributed by atoms with Crippen molar-refractivity contribution in [3.05, 3.63) is 53.7 Å². The first kappa shape index (κ1) is 14.5. The van der Waals surface area contributed by atoms with Gasteiger partial charge >= 0.3 is 0 Å². The molecule has 1 heterocycles. The van der Waals surface area contributed by atoms with Crippen LogP contribution in [-0.4, -0.2) is 21.9 Å². The highest BCUT2D eigenvalue weighted by molar-refractivity contribution is 6.04. The summed E-state index contributed by atoms with van der Waals surface area (Å²) in [6.07, 6.45) is 1.48. The molecule has 0 aliphatic carbocycles. The number of nitrogens with zero attached hydrogens (tertiary/aromatic N) is 1. The Kier molecular flexibility index (Phi) is 4.50. The minimum absolute atomic E-state index is 0.0897. The van der Waals surface area contributed by atoms with Crippen LogP contribution in [0.3, 0.4) is 0 Å². The van der Waals surface area contributed by atoms with Crippen molar-refractivity contribution in [3.8, 4) is 5.75 Å². The molecule has 0 aliphatic heterocycles. The van der Waals surface area contributed by atoms with Gasteiger partial charge in [0.25, 0.3) is 5.91 Å². The van der Waals surface area contributed by atoms with Crippen LogP contribution in [0.1, 0.15) is 22.8 Å². The highest BCUT2D eigenvalue weighted by Crippen LogP contribution is 2.19. The third-order valence-electron chi connectivity index (χ3n) is 2.78. The molecular formula is C15H15N3O3. The van der Waals surface area contributed by atoms with E-state index in [1.54, 1.807) is 30.3 Å². The Morgan fingerprint density at radius 2 is 1.90 bits per heavy atom. The molecule has 6 heteroatoms. The monoisotopic (exact) mass is 285 g/mol. The maximum Gasteiger partial charge on any atom is 0.256 e. The van der Waals surface area contributed by atoms with Gasteiger partial charge in [-0.15, -0.1) is 0 Å². The average Bonchev–Trinajstić information content (AvgIpc) is 2.48. The number of aromatic nitrogens is 1. The Bertz CT molecular complexity index is 653. The van der Waals surface area contributed by atoms with Crippen molar-refractivity contribution in [2.45, 2.75) is 13.5 Å². The van der Waals surface area contributed by atoms with E-state index in [4.69, 9.17) is 0 Å². The van der Waals surface area contributed by atoms with Crippen molar-refractivity contribution in [1.82, 2.24) is 10.3 Å². The Morgan fingerprint density at radius 3 is 2.52 bits per heavy atom. The van der Waals surface area contributed by atoms with Crippen molar-refractivity contribution in [1.29, 1.82) is 0 Å². The summed E-state index contributed by atoms with van der Waals surface area (Å²) in [7, 11) is 0. The molecule has 0 spiro atoms. The van der Waals surface area contributed by atoms with Crippen molar-refractivity contribution < 1.29 is 14.7 Å². The number of anilines is 1. The molecule has 21 heavy (non-hydrogen) atoms. The number of hydrogen-bond donors (Lipinski definition) is 3. The lowest BCUT2D eigenvalue weighted by atomic mass is 10.1. The van der Waals surface area contributed by atoms with Gasteiger partial charge in [-0.05, 0) is 29.8 Å². The lowest BCUT2D eigenvalue weighted by Crippen LogP contribution is -2.19. The zero-order chi connectivity index (χ0) is 15.2. The number of benzene rings is 1. The van der Waals surface area contributed by atoms with E-state index in [-0.39, 0.29) is 23.4 Å². The molecule has 3 N–H and O–H groups in total. The number of nitrogens with one attached hydrogen (secondary N) is 2. The molecule has 108 valence electrons. The lowest BCUT2D eigenvalue weighted by molar-refractivity contribution is -0.119. The van der Waals surface area contributed by atoms with Gasteiger partial charge in [-0.3, -0.25) is 9.59 Å². The van der Waals surface area contributed by atoms with Crippen LogP contribution in [-0.2, 0) is 11.3 Å². The normalized spacial score (nSPS) is 9.95. The molecule has 2 rings (SSSR count). The Balaban J connectivity index is 2.03. The van der Waals surface area contributed by atoms with Gasteiger partial charge in [0.2, 0.25) is 5.91 Å². The fourth-order valence-electron chi connectivity index (χ4n) is 1.67. The van der Waals surface area contributed by atoms with Crippen molar-refractivity contribution in [3.63, 3.8) is 0 Å². The minimum atomic E-state index is -0.366. The molecule has 6 nitrogen and oxygen atoms in total. The van der Waals surface area contributed by atoms with Crippen molar-refractivity contribution in [2.24, 2.45) is 0 Å². The number of carbonyl (C=O) groups is 2. The SMILES string of the molecule is CC(=O)NCc1ccc(C(=O)Nc2ncccc2O)cc1. The molecule has 0 radical (unpaired) electrons. The number of pyridine rings is 1. The van der Waals surface area contributed by atoms with E-state index in [9.17, 15) is 14.7 Å². The summed E-state index contributed by atoms with van der Waals surface area (Å²) >= 11 is 0. The van der Waals surface area contributed by atoms with Crippen LogP contribution in [0, 0.1) is 0 Å². The quantitative estimate of drug-likeness (QED) is 0.797. The van der Waals surface area contributed by atoms with Crippen LogP contribution < -0.4 is 10.6 Å². The molecule has 1 aromatic heterocycles. The van der Waals surface area contributed by atoms with Gasteiger partial charge in [0.15, 0.2) is 11.6 Å². The highest BCUT2D eigenvalue weighted by atomic mass is 16.3. The molecular weight excluding hydrogens is 270 g/mol. The van der Waals surface area contributed by atoms with Gasteiger partial charge in [0, 0.05) is 25.2 Å². The highest BCUT2D eigenvalue weighted by Gasteiger charge is 2.09. The second kappa shape index (κ2) is 6.51. The van der Waals surface area contributed by atoms with E-state index in [0.29, 0.717) is 12.1 Å². The minimum Gasteiger partial charge on any atom is -0.504 e. The molecule has 0 saturated heterocycles. The maximum absolute atomic E-state index is 12.0. The predicted molar refractivity (Wildman–Crippen MR) is 77.8 cm³/mol. The first-order chi connectivity index (χ1) is 10.1. The summed E-state index contributed by atoms with van der Waals surface area (Å²) in [5.74, 6) is -0.449. The first-order valence-electron chi connectivity index (χ1n) is 6.35. The molecule has 0 atom stereocenters. The summed E-state index contributed by atoms with van der Waals surface area (Å²) in [5, 5.41) is 14.8. The molecule has 1 aromatic carbocycles. The van der Waals surface area contributed by atoms with Crippen LogP contribution in [0.5, 0.6) is 5.75 Å². The molecule has 0 bridgehead atoms. The Morgan fingerprint density at radius 1 is 1.19 bits per heavy atom. The van der Waals surface area contributed by atoms with Gasteiger partial charge in [-0.2, -0.15) is 0 Å². The molecule has 0 aliphatic rings. The summed E-state index contributed by atoms with van der Waals surface area (Å²) in [6.45, 7) is 1.86. The molecule has 0 saturated carbocycles. The third-order valence-corrected chi connectivity index (χ3v) is 2.78. The van der Waals surface area contributed by atoms with Gasteiger partial charge in [-0.25, -0.2) is 4.98 Å². The number of amides is 2. The van der Waals surface area contributed by atoms with Crippen LogP contribution >= 0.6 is 0 Å². The second-order valence-corrected chi connectivity index (χ2v) is 4.43. The van der Waals surface area contributed by atoms with Crippen LogP contribution in [0.2, 0.25) is 0 Å². The first-order valence-corrected chi connectivity index (χ1v) is 6.35. The standard InChI is InChI=1S/C15H15N3O3/c1-10(19)17-9-11-4-6-12(7-5-11)15(21)18-14-13(20)3-2-8-16-14/h2-8,20H,9H2,1H3,(H,17,19)(H,16,18,21). The lowest BCUT2D eigenvalue weighted by Gasteiger charge is -2.07. The Hall–Kier alpha value is -2.89. The second-order valence-electron chi connectivity index (χ2n) is 4.43. The number of aromatic hydroxyl groups is 1. The van der Waals surface area contributed by atoms with E-state index < -0.39 is 0 Å². The molecule has 0 fully saturated rings. The zero-order valence-electron chi connectivity index (χ0n) is 11.5. The predicted octanol–water partition coefficient (Wildman–Crippen LogP) is 1.68. The summed E-state index contributed by atoms with van der Waals surface area (Å²) in [5.41, 5.74) is 1.33. The largest absolute Gasteiger partial charge is 0.504 e. The number of hydrogen-bond acceptors (Lipinski definition) is 4. The molecule has 0 unspecified atom stereocenters. The van der Waals surface area contributed by atoms with Crippen molar-refractivity contribution >= 4 is 17.6 Å². The maximum atomic E-state index is 12.0. The third kappa shape index (κ3) is 4.04. The smallest absolute Gasteiger partial charge is 0.256 e. The zero-order valence-corrected chi connectivity index (χ0v) is 11.5. The van der Waals surface area contributed by atoms with E-state index in [1.165, 1.54) is 19.2 Å². The molecule has 2 aromatic rings. The van der Waals surface area contributed by atoms with E-state index in [2.05, 4.69) is 15.6 Å². The van der Waals surface area contributed by atoms with Gasteiger partial charge in [-0.1, -0.05) is 12.1 Å². The van der Waals surface area contributed by atoms with E-state index in [1.807, 2.05) is 0 Å². The fourth-order valence-corrected chi connectivity index (χ4v) is 1.67. The van der Waals surface area contributed by atoms with E-state index in [0.717, 1.165) is 5.56 Å². The molecule has 2 amide bonds. The fraction of sp³-hybridized carbons (Fsp3) is 0.133. The van der Waals surface area contributed by atoms with Gasteiger partial charge in [0.1, 0.15) is 0 Å². The van der Waals surface area contributed by atoms with Crippen LogP contribution in [0.25, 0.3) is 0 Å². The average molecular weight is 285 g/mol.